The van der Waals surface area contributed by atoms with Gasteiger partial charge in [0.05, 0.1) is 23.2 Å². The number of nitrogens with zero attached hydrogens (tertiary/aromatic N) is 1. The topological polar surface area (TPSA) is 33.1 Å². The summed E-state index contributed by atoms with van der Waals surface area (Å²) < 4.78 is 24.6. The zero-order valence-corrected chi connectivity index (χ0v) is 8.49. The summed E-state index contributed by atoms with van der Waals surface area (Å²) in [6.45, 7) is -0.412. The van der Waals surface area contributed by atoms with E-state index in [1.807, 2.05) is 0 Å². The van der Waals surface area contributed by atoms with Crippen molar-refractivity contribution in [2.45, 2.75) is 18.9 Å². The van der Waals surface area contributed by atoms with Crippen molar-refractivity contribution in [3.05, 3.63) is 28.0 Å². The summed E-state index contributed by atoms with van der Waals surface area (Å²) in [4.78, 5) is 3.57. The number of rotatable bonds is 3. The molecule has 6 heteroatoms. The van der Waals surface area contributed by atoms with E-state index in [9.17, 15) is 8.78 Å². The Bertz CT molecular complexity index is 308. The van der Waals surface area contributed by atoms with Gasteiger partial charge in [0, 0.05) is 0 Å². The van der Waals surface area contributed by atoms with Crippen molar-refractivity contribution < 1.29 is 13.9 Å². The van der Waals surface area contributed by atoms with Crippen LogP contribution in [-0.2, 0) is 12.5 Å². The van der Waals surface area contributed by atoms with E-state index in [2.05, 4.69) is 4.98 Å². The third-order valence-corrected chi connectivity index (χ3v) is 2.36. The molecule has 1 heterocycles. The van der Waals surface area contributed by atoms with Crippen LogP contribution in [-0.4, -0.2) is 10.1 Å². The minimum Gasteiger partial charge on any atom is -0.392 e. The fourth-order valence-electron chi connectivity index (χ4n) is 0.980. The van der Waals surface area contributed by atoms with Gasteiger partial charge in [-0.1, -0.05) is 11.6 Å². The lowest BCUT2D eigenvalue weighted by atomic mass is 10.2. The van der Waals surface area contributed by atoms with E-state index in [0.29, 0.717) is 0 Å². The number of aliphatic hydroxyl groups excluding tert-OH is 1. The Labute approximate surface area is 89.5 Å². The van der Waals surface area contributed by atoms with Gasteiger partial charge in [-0.2, -0.15) is 0 Å². The van der Waals surface area contributed by atoms with E-state index in [0.717, 1.165) is 6.07 Å². The molecule has 0 aliphatic heterocycles. The third kappa shape index (κ3) is 2.32. The highest BCUT2D eigenvalue weighted by molar-refractivity contribution is 6.32. The fraction of sp³-hybridized carbons (Fsp3) is 0.375. The van der Waals surface area contributed by atoms with Crippen LogP contribution in [0.2, 0.25) is 5.02 Å². The number of aromatic nitrogens is 1. The van der Waals surface area contributed by atoms with Gasteiger partial charge in [-0.25, -0.2) is 13.8 Å². The Hall–Kier alpha value is -0.450. The number of aliphatic hydroxyl groups is 1. The standard InChI is InChI=1S/C8H7Cl2F2NO/c9-2-6-7(10)4(3-14)1-5(13-6)8(11)12/h1,8,14H,2-3H2. The summed E-state index contributed by atoms with van der Waals surface area (Å²) in [5.74, 6) is -0.0631. The average molecular weight is 242 g/mol. The SMILES string of the molecule is OCc1cc(C(F)F)nc(CCl)c1Cl. The van der Waals surface area contributed by atoms with Crippen LogP contribution in [0.5, 0.6) is 0 Å². The van der Waals surface area contributed by atoms with Gasteiger partial charge in [0.1, 0.15) is 5.69 Å². The van der Waals surface area contributed by atoms with Crippen LogP contribution in [0, 0.1) is 0 Å². The molecule has 0 radical (unpaired) electrons. The molecule has 1 aromatic heterocycles. The molecular formula is C8H7Cl2F2NO. The highest BCUT2D eigenvalue weighted by atomic mass is 35.5. The van der Waals surface area contributed by atoms with Crippen LogP contribution in [0.15, 0.2) is 6.07 Å². The highest BCUT2D eigenvalue weighted by Gasteiger charge is 2.15. The minimum atomic E-state index is -2.69. The molecule has 14 heavy (non-hydrogen) atoms. The quantitative estimate of drug-likeness (QED) is 0.826. The van der Waals surface area contributed by atoms with Crippen LogP contribution in [0.4, 0.5) is 8.78 Å². The summed E-state index contributed by atoms with van der Waals surface area (Å²) in [5, 5.41) is 8.99. The van der Waals surface area contributed by atoms with Gasteiger partial charge >= 0.3 is 0 Å². The minimum absolute atomic E-state index is 0.0631. The summed E-state index contributed by atoms with van der Waals surface area (Å²) in [6, 6.07) is 1.07. The maximum absolute atomic E-state index is 12.3. The summed E-state index contributed by atoms with van der Waals surface area (Å²) in [6.07, 6.45) is -2.69. The molecule has 1 aromatic rings. The molecule has 0 amide bonds. The number of hydrogen-bond acceptors (Lipinski definition) is 2. The Kier molecular flexibility index (Phi) is 4.04. The second kappa shape index (κ2) is 4.87. The molecule has 0 bridgehead atoms. The smallest absolute Gasteiger partial charge is 0.280 e. The zero-order valence-electron chi connectivity index (χ0n) is 6.98. The lowest BCUT2D eigenvalue weighted by Gasteiger charge is -2.08. The Morgan fingerprint density at radius 3 is 2.57 bits per heavy atom. The Morgan fingerprint density at radius 1 is 1.50 bits per heavy atom. The Morgan fingerprint density at radius 2 is 2.14 bits per heavy atom. The molecule has 0 saturated heterocycles. The first-order valence-electron chi connectivity index (χ1n) is 3.73. The van der Waals surface area contributed by atoms with Gasteiger partial charge in [0.25, 0.3) is 6.43 Å². The van der Waals surface area contributed by atoms with Gasteiger partial charge in [-0.05, 0) is 11.6 Å². The highest BCUT2D eigenvalue weighted by Crippen LogP contribution is 2.26. The number of halogens is 4. The number of pyridine rings is 1. The van der Waals surface area contributed by atoms with Crippen LogP contribution in [0.1, 0.15) is 23.4 Å². The largest absolute Gasteiger partial charge is 0.392 e. The van der Waals surface area contributed by atoms with Gasteiger partial charge in [-0.3, -0.25) is 0 Å². The molecule has 0 aromatic carbocycles. The van der Waals surface area contributed by atoms with E-state index < -0.39 is 18.7 Å². The number of hydrogen-bond donors (Lipinski definition) is 1. The van der Waals surface area contributed by atoms with Gasteiger partial charge in [-0.15, -0.1) is 11.6 Å². The maximum atomic E-state index is 12.3. The van der Waals surface area contributed by atoms with Crippen molar-refractivity contribution in [3.63, 3.8) is 0 Å². The summed E-state index contributed by atoms with van der Waals surface area (Å²) in [5.41, 5.74) is -0.0445. The molecule has 0 saturated carbocycles. The predicted molar refractivity (Wildman–Crippen MR) is 49.7 cm³/mol. The van der Waals surface area contributed by atoms with Crippen molar-refractivity contribution in [1.29, 1.82) is 0 Å². The van der Waals surface area contributed by atoms with E-state index in [1.165, 1.54) is 0 Å². The molecule has 0 fully saturated rings. The molecule has 0 unspecified atom stereocenters. The molecule has 78 valence electrons. The molecule has 1 N–H and O–H groups in total. The first-order valence-corrected chi connectivity index (χ1v) is 4.64. The van der Waals surface area contributed by atoms with Crippen LogP contribution < -0.4 is 0 Å². The van der Waals surface area contributed by atoms with E-state index in [-0.39, 0.29) is 22.2 Å². The molecule has 0 spiro atoms. The summed E-state index contributed by atoms with van der Waals surface area (Å²) in [7, 11) is 0. The van der Waals surface area contributed by atoms with Crippen molar-refractivity contribution in [1.82, 2.24) is 4.98 Å². The zero-order chi connectivity index (χ0) is 10.7. The van der Waals surface area contributed by atoms with Crippen LogP contribution in [0.25, 0.3) is 0 Å². The maximum Gasteiger partial charge on any atom is 0.280 e. The lowest BCUT2D eigenvalue weighted by Crippen LogP contribution is -2.00. The molecule has 0 aliphatic carbocycles. The van der Waals surface area contributed by atoms with Gasteiger partial charge < -0.3 is 5.11 Å². The van der Waals surface area contributed by atoms with Crippen molar-refractivity contribution in [3.8, 4) is 0 Å². The van der Waals surface area contributed by atoms with Crippen LogP contribution >= 0.6 is 23.2 Å². The molecule has 2 nitrogen and oxygen atoms in total. The van der Waals surface area contributed by atoms with E-state index in [4.69, 9.17) is 28.3 Å². The van der Waals surface area contributed by atoms with E-state index in [1.54, 1.807) is 0 Å². The second-order valence-electron chi connectivity index (χ2n) is 2.56. The monoisotopic (exact) mass is 241 g/mol. The first kappa shape index (κ1) is 11.6. The van der Waals surface area contributed by atoms with Crippen molar-refractivity contribution in [2.24, 2.45) is 0 Å². The third-order valence-electron chi connectivity index (χ3n) is 1.64. The van der Waals surface area contributed by atoms with E-state index >= 15 is 0 Å². The lowest BCUT2D eigenvalue weighted by molar-refractivity contribution is 0.145. The predicted octanol–water partition coefficient (Wildman–Crippen LogP) is 2.90. The normalized spacial score (nSPS) is 11.0. The van der Waals surface area contributed by atoms with Crippen molar-refractivity contribution in [2.75, 3.05) is 0 Å². The van der Waals surface area contributed by atoms with Crippen molar-refractivity contribution >= 4 is 23.2 Å². The molecule has 0 aliphatic rings. The molecule has 1 rings (SSSR count). The average Bonchev–Trinajstić information content (AvgIpc) is 2.17. The van der Waals surface area contributed by atoms with Gasteiger partial charge in [0.2, 0.25) is 0 Å². The molecular weight excluding hydrogens is 235 g/mol. The van der Waals surface area contributed by atoms with Crippen LogP contribution in [0.3, 0.4) is 0 Å². The first-order chi connectivity index (χ1) is 6.60. The number of alkyl halides is 3. The fourth-order valence-corrected chi connectivity index (χ4v) is 1.46. The van der Waals surface area contributed by atoms with Gasteiger partial charge in [0.15, 0.2) is 0 Å². The molecule has 0 atom stereocenters. The summed E-state index contributed by atoms with van der Waals surface area (Å²) >= 11 is 11.2. The second-order valence-corrected chi connectivity index (χ2v) is 3.20. The Balaban J connectivity index is 3.25.